The molecule has 0 aromatic heterocycles. The fraction of sp³-hybridized carbons (Fsp3) is 1.00. The van der Waals surface area contributed by atoms with Gasteiger partial charge in [0.2, 0.25) is 0 Å². The van der Waals surface area contributed by atoms with Crippen molar-refractivity contribution in [1.29, 1.82) is 0 Å². The van der Waals surface area contributed by atoms with E-state index in [1.165, 1.54) is 77.4 Å². The summed E-state index contributed by atoms with van der Waals surface area (Å²) in [6, 6.07) is 0.973. The smallest absolute Gasteiger partial charge is 0.0124 e. The Morgan fingerprint density at radius 2 is 1.82 bits per heavy atom. The van der Waals surface area contributed by atoms with E-state index in [4.69, 9.17) is 0 Å². The van der Waals surface area contributed by atoms with Crippen molar-refractivity contribution in [1.82, 2.24) is 10.2 Å². The summed E-state index contributed by atoms with van der Waals surface area (Å²) >= 11 is 0. The number of likely N-dealkylation sites (tertiary alicyclic amines) is 1. The highest BCUT2D eigenvalue weighted by atomic mass is 15.2. The van der Waals surface area contributed by atoms with E-state index >= 15 is 0 Å². The molecule has 100 valence electrons. The second-order valence-corrected chi connectivity index (χ2v) is 5.95. The molecule has 0 aromatic carbocycles. The summed E-state index contributed by atoms with van der Waals surface area (Å²) in [6.07, 6.45) is 13.1. The number of hydrogen-bond acceptors (Lipinski definition) is 2. The van der Waals surface area contributed by atoms with E-state index in [1.807, 2.05) is 7.05 Å². The summed E-state index contributed by atoms with van der Waals surface area (Å²) in [4.78, 5) is 2.81. The number of nitrogens with one attached hydrogen (secondary N) is 1. The Labute approximate surface area is 107 Å². The van der Waals surface area contributed by atoms with Crippen LogP contribution in [0.1, 0.15) is 57.8 Å². The molecule has 0 bridgehead atoms. The van der Waals surface area contributed by atoms with Crippen LogP contribution >= 0.6 is 0 Å². The van der Waals surface area contributed by atoms with Crippen LogP contribution in [-0.4, -0.2) is 37.6 Å². The van der Waals surface area contributed by atoms with Gasteiger partial charge < -0.3 is 10.2 Å². The van der Waals surface area contributed by atoms with Crippen LogP contribution in [0.2, 0.25) is 0 Å². The first-order valence-electron chi connectivity index (χ1n) is 7.80. The molecule has 2 heteroatoms. The molecule has 17 heavy (non-hydrogen) atoms. The lowest BCUT2D eigenvalue weighted by atomic mass is 9.85. The Morgan fingerprint density at radius 3 is 2.71 bits per heavy atom. The third-order valence-corrected chi connectivity index (χ3v) is 4.75. The summed E-state index contributed by atoms with van der Waals surface area (Å²) < 4.78 is 0. The molecule has 1 saturated carbocycles. The van der Waals surface area contributed by atoms with Crippen molar-refractivity contribution in [3.63, 3.8) is 0 Å². The first kappa shape index (κ1) is 13.4. The van der Waals surface area contributed by atoms with Gasteiger partial charge in [-0.3, -0.25) is 0 Å². The maximum atomic E-state index is 3.23. The summed E-state index contributed by atoms with van der Waals surface area (Å²) in [5.74, 6) is 1.06. The molecule has 2 fully saturated rings. The van der Waals surface area contributed by atoms with Crippen LogP contribution < -0.4 is 5.32 Å². The largest absolute Gasteiger partial charge is 0.320 e. The van der Waals surface area contributed by atoms with Gasteiger partial charge in [0.25, 0.3) is 0 Å². The highest BCUT2D eigenvalue weighted by Gasteiger charge is 2.34. The van der Waals surface area contributed by atoms with Gasteiger partial charge in [-0.1, -0.05) is 25.7 Å². The monoisotopic (exact) mass is 238 g/mol. The fourth-order valence-electron chi connectivity index (χ4n) is 3.75. The molecule has 2 rings (SSSR count). The second kappa shape index (κ2) is 7.38. The molecular weight excluding hydrogens is 208 g/mol. The zero-order valence-corrected chi connectivity index (χ0v) is 11.6. The number of rotatable bonds is 7. The van der Waals surface area contributed by atoms with Gasteiger partial charge in [0.1, 0.15) is 0 Å². The van der Waals surface area contributed by atoms with E-state index in [0.29, 0.717) is 0 Å². The molecule has 1 aliphatic carbocycles. The molecule has 0 spiro atoms. The average molecular weight is 238 g/mol. The van der Waals surface area contributed by atoms with Crippen LogP contribution in [0.5, 0.6) is 0 Å². The molecule has 2 unspecified atom stereocenters. The lowest BCUT2D eigenvalue weighted by molar-refractivity contribution is 0.179. The molecule has 1 heterocycles. The van der Waals surface area contributed by atoms with Crippen molar-refractivity contribution in [2.45, 2.75) is 63.8 Å². The van der Waals surface area contributed by atoms with E-state index in [9.17, 15) is 0 Å². The van der Waals surface area contributed by atoms with Crippen molar-refractivity contribution < 1.29 is 0 Å². The normalized spacial score (nSPS) is 29.5. The summed E-state index contributed by atoms with van der Waals surface area (Å²) in [5, 5.41) is 3.23. The first-order valence-corrected chi connectivity index (χ1v) is 7.80. The SMILES string of the molecule is CNCCCCCCN1CCC2CCCCC21. The van der Waals surface area contributed by atoms with Crippen molar-refractivity contribution in [3.8, 4) is 0 Å². The van der Waals surface area contributed by atoms with Crippen molar-refractivity contribution in [3.05, 3.63) is 0 Å². The van der Waals surface area contributed by atoms with Gasteiger partial charge in [-0.25, -0.2) is 0 Å². The average Bonchev–Trinajstić information content (AvgIpc) is 2.77. The zero-order chi connectivity index (χ0) is 11.9. The van der Waals surface area contributed by atoms with E-state index in [-0.39, 0.29) is 0 Å². The highest BCUT2D eigenvalue weighted by molar-refractivity contribution is 4.89. The van der Waals surface area contributed by atoms with Crippen LogP contribution in [-0.2, 0) is 0 Å². The Bertz CT molecular complexity index is 205. The van der Waals surface area contributed by atoms with Gasteiger partial charge in [-0.2, -0.15) is 0 Å². The number of nitrogens with zero attached hydrogens (tertiary/aromatic N) is 1. The summed E-state index contributed by atoms with van der Waals surface area (Å²) in [6.45, 7) is 3.96. The Hall–Kier alpha value is -0.0800. The fourth-order valence-corrected chi connectivity index (χ4v) is 3.75. The molecule has 2 nitrogen and oxygen atoms in total. The van der Waals surface area contributed by atoms with Crippen molar-refractivity contribution >= 4 is 0 Å². The third kappa shape index (κ3) is 3.96. The lowest BCUT2D eigenvalue weighted by Gasteiger charge is -2.31. The lowest BCUT2D eigenvalue weighted by Crippen LogP contribution is -2.35. The Balaban J connectivity index is 1.56. The Morgan fingerprint density at radius 1 is 1.00 bits per heavy atom. The predicted octanol–water partition coefficient (Wildman–Crippen LogP) is 3.03. The standard InChI is InChI=1S/C15H30N2/c1-16-11-6-2-3-7-12-17-13-10-14-8-4-5-9-15(14)17/h14-16H,2-13H2,1H3. The molecule has 2 atom stereocenters. The van der Waals surface area contributed by atoms with Gasteiger partial charge in [0.15, 0.2) is 0 Å². The van der Waals surface area contributed by atoms with Gasteiger partial charge >= 0.3 is 0 Å². The second-order valence-electron chi connectivity index (χ2n) is 5.95. The molecule has 0 amide bonds. The minimum Gasteiger partial charge on any atom is -0.320 e. The third-order valence-electron chi connectivity index (χ3n) is 4.75. The van der Waals surface area contributed by atoms with E-state index < -0.39 is 0 Å². The summed E-state index contributed by atoms with van der Waals surface area (Å²) in [7, 11) is 2.05. The predicted molar refractivity (Wildman–Crippen MR) is 74.3 cm³/mol. The number of fused-ring (bicyclic) bond motifs is 1. The van der Waals surface area contributed by atoms with Gasteiger partial charge in [-0.05, 0) is 64.7 Å². The molecule has 1 aliphatic heterocycles. The van der Waals surface area contributed by atoms with E-state index in [0.717, 1.165) is 12.0 Å². The quantitative estimate of drug-likeness (QED) is 0.686. The maximum absolute atomic E-state index is 3.23. The number of hydrogen-bond donors (Lipinski definition) is 1. The molecule has 2 aliphatic rings. The Kier molecular flexibility index (Phi) is 5.79. The van der Waals surface area contributed by atoms with Crippen molar-refractivity contribution in [2.75, 3.05) is 26.7 Å². The van der Waals surface area contributed by atoms with Gasteiger partial charge in [-0.15, -0.1) is 0 Å². The van der Waals surface area contributed by atoms with E-state index in [1.54, 1.807) is 0 Å². The van der Waals surface area contributed by atoms with E-state index in [2.05, 4.69) is 10.2 Å². The zero-order valence-electron chi connectivity index (χ0n) is 11.6. The molecular formula is C15H30N2. The van der Waals surface area contributed by atoms with Crippen LogP contribution in [0.3, 0.4) is 0 Å². The molecule has 0 radical (unpaired) electrons. The van der Waals surface area contributed by atoms with Crippen LogP contribution in [0.4, 0.5) is 0 Å². The minimum atomic E-state index is 0.973. The number of unbranched alkanes of at least 4 members (excludes halogenated alkanes) is 3. The maximum Gasteiger partial charge on any atom is 0.0124 e. The van der Waals surface area contributed by atoms with Crippen LogP contribution in [0, 0.1) is 5.92 Å². The summed E-state index contributed by atoms with van der Waals surface area (Å²) in [5.41, 5.74) is 0. The highest BCUT2D eigenvalue weighted by Crippen LogP contribution is 2.36. The van der Waals surface area contributed by atoms with Gasteiger partial charge in [0.05, 0.1) is 0 Å². The first-order chi connectivity index (χ1) is 8.42. The molecule has 1 saturated heterocycles. The minimum absolute atomic E-state index is 0.973. The molecule has 0 aromatic rings. The topological polar surface area (TPSA) is 15.3 Å². The molecule has 1 N–H and O–H groups in total. The van der Waals surface area contributed by atoms with Gasteiger partial charge in [0, 0.05) is 6.04 Å². The van der Waals surface area contributed by atoms with Crippen LogP contribution in [0.15, 0.2) is 0 Å². The van der Waals surface area contributed by atoms with Crippen LogP contribution in [0.25, 0.3) is 0 Å². The van der Waals surface area contributed by atoms with Crippen molar-refractivity contribution in [2.24, 2.45) is 5.92 Å².